The van der Waals surface area contributed by atoms with Crippen molar-refractivity contribution in [2.45, 2.75) is 11.4 Å². The largest absolute Gasteiger partial charge is 0.337 e. The molecule has 1 amide bonds. The molecule has 0 saturated carbocycles. The molecular formula is C19H19ClN4O4S. The third-order valence-corrected chi connectivity index (χ3v) is 6.21. The Morgan fingerprint density at radius 2 is 1.79 bits per heavy atom. The molecule has 2 aromatic carbocycles. The smallest absolute Gasteiger partial charge is 0.254 e. The fourth-order valence-electron chi connectivity index (χ4n) is 2.53. The normalized spacial score (nSPS) is 11.6. The number of halogens is 1. The summed E-state index contributed by atoms with van der Waals surface area (Å²) in [6.45, 7) is 0.0735. The molecule has 0 radical (unpaired) electrons. The SMILES string of the molecule is CN(Cc1nc(-c2ccc(Cl)cc2)no1)C(=O)c1cccc(S(=O)(=O)N(C)C)c1. The first-order valence-electron chi connectivity index (χ1n) is 8.55. The summed E-state index contributed by atoms with van der Waals surface area (Å²) in [7, 11) is 0.804. The lowest BCUT2D eigenvalue weighted by atomic mass is 10.2. The van der Waals surface area contributed by atoms with Crippen molar-refractivity contribution < 1.29 is 17.7 Å². The van der Waals surface area contributed by atoms with Gasteiger partial charge in [0, 0.05) is 37.3 Å². The van der Waals surface area contributed by atoms with Gasteiger partial charge in [-0.05, 0) is 42.5 Å². The molecule has 0 fully saturated rings. The summed E-state index contributed by atoms with van der Waals surface area (Å²) in [6, 6.07) is 12.9. The van der Waals surface area contributed by atoms with Crippen molar-refractivity contribution in [2.24, 2.45) is 0 Å². The third-order valence-electron chi connectivity index (χ3n) is 4.15. The summed E-state index contributed by atoms with van der Waals surface area (Å²) in [5, 5.41) is 4.51. The summed E-state index contributed by atoms with van der Waals surface area (Å²) in [5.74, 6) is 0.270. The van der Waals surface area contributed by atoms with Crippen molar-refractivity contribution in [3.8, 4) is 11.4 Å². The highest BCUT2D eigenvalue weighted by Gasteiger charge is 2.21. The predicted octanol–water partition coefficient (Wildman–Crippen LogP) is 2.91. The van der Waals surface area contributed by atoms with Crippen LogP contribution in [0.3, 0.4) is 0 Å². The van der Waals surface area contributed by atoms with Gasteiger partial charge >= 0.3 is 0 Å². The van der Waals surface area contributed by atoms with Crippen LogP contribution >= 0.6 is 11.6 Å². The topological polar surface area (TPSA) is 96.6 Å². The monoisotopic (exact) mass is 434 g/mol. The van der Waals surface area contributed by atoms with Gasteiger partial charge in [-0.2, -0.15) is 4.98 Å². The number of sulfonamides is 1. The van der Waals surface area contributed by atoms with Gasteiger partial charge in [-0.25, -0.2) is 12.7 Å². The van der Waals surface area contributed by atoms with Crippen molar-refractivity contribution in [2.75, 3.05) is 21.1 Å². The van der Waals surface area contributed by atoms with Crippen molar-refractivity contribution in [1.82, 2.24) is 19.3 Å². The molecule has 0 atom stereocenters. The highest BCUT2D eigenvalue weighted by Crippen LogP contribution is 2.20. The zero-order chi connectivity index (χ0) is 21.2. The van der Waals surface area contributed by atoms with E-state index in [1.165, 1.54) is 37.2 Å². The molecule has 29 heavy (non-hydrogen) atoms. The van der Waals surface area contributed by atoms with Crippen LogP contribution in [0.2, 0.25) is 5.02 Å². The fraction of sp³-hybridized carbons (Fsp3) is 0.211. The van der Waals surface area contributed by atoms with E-state index in [9.17, 15) is 13.2 Å². The molecular weight excluding hydrogens is 416 g/mol. The van der Waals surface area contributed by atoms with E-state index in [0.29, 0.717) is 10.8 Å². The number of amides is 1. The van der Waals surface area contributed by atoms with Crippen LogP contribution in [-0.4, -0.2) is 54.8 Å². The number of aromatic nitrogens is 2. The second kappa shape index (κ2) is 8.32. The van der Waals surface area contributed by atoms with Gasteiger partial charge in [0.05, 0.1) is 11.4 Å². The molecule has 1 aromatic heterocycles. The highest BCUT2D eigenvalue weighted by molar-refractivity contribution is 7.89. The van der Waals surface area contributed by atoms with Gasteiger partial charge in [0.15, 0.2) is 0 Å². The Hall–Kier alpha value is -2.75. The lowest BCUT2D eigenvalue weighted by molar-refractivity contribution is 0.0769. The Balaban J connectivity index is 1.76. The van der Waals surface area contributed by atoms with Crippen molar-refractivity contribution in [3.63, 3.8) is 0 Å². The number of hydrogen-bond acceptors (Lipinski definition) is 6. The number of carbonyl (C=O) groups is 1. The molecule has 0 aliphatic carbocycles. The second-order valence-electron chi connectivity index (χ2n) is 6.50. The van der Waals surface area contributed by atoms with Crippen molar-refractivity contribution in [1.29, 1.82) is 0 Å². The van der Waals surface area contributed by atoms with Gasteiger partial charge in [0.1, 0.15) is 0 Å². The van der Waals surface area contributed by atoms with Crippen molar-refractivity contribution in [3.05, 3.63) is 65.0 Å². The maximum atomic E-state index is 12.7. The first-order chi connectivity index (χ1) is 13.7. The summed E-state index contributed by atoms with van der Waals surface area (Å²) in [6.07, 6.45) is 0. The number of benzene rings is 2. The van der Waals surface area contributed by atoms with Gasteiger partial charge in [-0.3, -0.25) is 4.79 Å². The molecule has 0 spiro atoms. The van der Waals surface area contributed by atoms with E-state index in [4.69, 9.17) is 16.1 Å². The third kappa shape index (κ3) is 4.64. The lowest BCUT2D eigenvalue weighted by Gasteiger charge is -2.16. The molecule has 0 aliphatic heterocycles. The Bertz CT molecular complexity index is 1130. The van der Waals surface area contributed by atoms with E-state index in [0.717, 1.165) is 9.87 Å². The zero-order valence-electron chi connectivity index (χ0n) is 16.0. The Morgan fingerprint density at radius 1 is 1.10 bits per heavy atom. The molecule has 0 bridgehead atoms. The highest BCUT2D eigenvalue weighted by atomic mass is 35.5. The Labute approximate surface area is 173 Å². The van der Waals surface area contributed by atoms with E-state index in [1.807, 2.05) is 0 Å². The molecule has 0 N–H and O–H groups in total. The first-order valence-corrected chi connectivity index (χ1v) is 10.4. The number of nitrogens with zero attached hydrogens (tertiary/aromatic N) is 4. The van der Waals surface area contributed by atoms with Crippen LogP contribution in [0, 0.1) is 0 Å². The number of hydrogen-bond donors (Lipinski definition) is 0. The molecule has 8 nitrogen and oxygen atoms in total. The average Bonchev–Trinajstić information content (AvgIpc) is 3.16. The minimum atomic E-state index is -3.64. The fourth-order valence-corrected chi connectivity index (χ4v) is 3.60. The van der Waals surface area contributed by atoms with Gasteiger partial charge in [-0.1, -0.05) is 22.8 Å². The van der Waals surface area contributed by atoms with Crippen LogP contribution in [0.4, 0.5) is 0 Å². The molecule has 1 heterocycles. The van der Waals surface area contributed by atoms with Crippen LogP contribution in [0.15, 0.2) is 57.9 Å². The summed E-state index contributed by atoms with van der Waals surface area (Å²) in [5.41, 5.74) is 0.979. The molecule has 0 aliphatic rings. The molecule has 0 unspecified atom stereocenters. The van der Waals surface area contributed by atoms with Crippen LogP contribution in [-0.2, 0) is 16.6 Å². The Kier molecular flexibility index (Phi) is 6.02. The molecule has 0 saturated heterocycles. The van der Waals surface area contributed by atoms with Gasteiger partial charge < -0.3 is 9.42 Å². The van der Waals surface area contributed by atoms with Gasteiger partial charge in [0.2, 0.25) is 21.7 Å². The van der Waals surface area contributed by atoms with Crippen LogP contribution < -0.4 is 0 Å². The maximum absolute atomic E-state index is 12.7. The van der Waals surface area contributed by atoms with Crippen LogP contribution in [0.5, 0.6) is 0 Å². The first kappa shape index (κ1) is 21.0. The number of carbonyl (C=O) groups excluding carboxylic acids is 1. The van der Waals surface area contributed by atoms with E-state index < -0.39 is 10.0 Å². The minimum Gasteiger partial charge on any atom is -0.337 e. The quantitative estimate of drug-likeness (QED) is 0.591. The van der Waals surface area contributed by atoms with Crippen LogP contribution in [0.25, 0.3) is 11.4 Å². The zero-order valence-corrected chi connectivity index (χ0v) is 17.6. The molecule has 10 heteroatoms. The van der Waals surface area contributed by atoms with Gasteiger partial charge in [0.25, 0.3) is 5.91 Å². The van der Waals surface area contributed by atoms with E-state index in [1.54, 1.807) is 37.4 Å². The molecule has 3 rings (SSSR count). The lowest BCUT2D eigenvalue weighted by Crippen LogP contribution is -2.27. The number of rotatable bonds is 6. The minimum absolute atomic E-state index is 0.0459. The maximum Gasteiger partial charge on any atom is 0.254 e. The standard InChI is InChI=1S/C19H19ClN4O4S/c1-23(2)29(26,27)16-6-4-5-14(11-16)19(25)24(3)12-17-21-18(22-28-17)13-7-9-15(20)10-8-13/h4-11H,12H2,1-3H3. The summed E-state index contributed by atoms with van der Waals surface area (Å²) < 4.78 is 30.9. The molecule has 3 aromatic rings. The Morgan fingerprint density at radius 3 is 2.45 bits per heavy atom. The summed E-state index contributed by atoms with van der Waals surface area (Å²) >= 11 is 5.87. The van der Waals surface area contributed by atoms with E-state index in [-0.39, 0.29) is 28.8 Å². The van der Waals surface area contributed by atoms with E-state index in [2.05, 4.69) is 10.1 Å². The molecule has 152 valence electrons. The average molecular weight is 435 g/mol. The predicted molar refractivity (Wildman–Crippen MR) is 108 cm³/mol. The second-order valence-corrected chi connectivity index (χ2v) is 9.08. The van der Waals surface area contributed by atoms with Crippen LogP contribution in [0.1, 0.15) is 16.2 Å². The van der Waals surface area contributed by atoms with Gasteiger partial charge in [-0.15, -0.1) is 0 Å². The summed E-state index contributed by atoms with van der Waals surface area (Å²) in [4.78, 5) is 18.4. The van der Waals surface area contributed by atoms with Crippen molar-refractivity contribution >= 4 is 27.5 Å². The van der Waals surface area contributed by atoms with E-state index >= 15 is 0 Å².